The molecule has 0 aliphatic carbocycles. The minimum absolute atomic E-state index is 0.239. The van der Waals surface area contributed by atoms with Gasteiger partial charge >= 0.3 is 0 Å². The lowest BCUT2D eigenvalue weighted by atomic mass is 9.97. The third-order valence-electron chi connectivity index (χ3n) is 4.23. The van der Waals surface area contributed by atoms with E-state index in [2.05, 4.69) is 34.5 Å². The number of likely N-dealkylation sites (tertiary alicyclic amines) is 1. The summed E-state index contributed by atoms with van der Waals surface area (Å²) in [5.41, 5.74) is 2.84. The fourth-order valence-corrected chi connectivity index (χ4v) is 3.12. The normalized spacial score (nSPS) is 23.5. The lowest BCUT2D eigenvalue weighted by Gasteiger charge is -2.26. The molecule has 0 spiro atoms. The fourth-order valence-electron chi connectivity index (χ4n) is 3.12. The molecule has 2 aliphatic rings. The Morgan fingerprint density at radius 3 is 2.95 bits per heavy atom. The number of hydrogen-bond acceptors (Lipinski definition) is 3. The summed E-state index contributed by atoms with van der Waals surface area (Å²) < 4.78 is 5.90. The zero-order valence-electron chi connectivity index (χ0n) is 11.6. The van der Waals surface area contributed by atoms with Crippen molar-refractivity contribution in [3.8, 4) is 0 Å². The average molecular weight is 260 g/mol. The molecule has 2 aliphatic heterocycles. The zero-order valence-corrected chi connectivity index (χ0v) is 11.6. The van der Waals surface area contributed by atoms with Gasteiger partial charge in [-0.2, -0.15) is 0 Å². The summed E-state index contributed by atoms with van der Waals surface area (Å²) in [6, 6.07) is 8.68. The number of benzene rings is 1. The second-order valence-corrected chi connectivity index (χ2v) is 5.56. The molecular formula is C16H24N2O. The molecule has 1 saturated heterocycles. The van der Waals surface area contributed by atoms with Crippen molar-refractivity contribution in [3.63, 3.8) is 0 Å². The Hall–Kier alpha value is -0.900. The van der Waals surface area contributed by atoms with Crippen LogP contribution in [0.2, 0.25) is 0 Å². The molecule has 1 fully saturated rings. The minimum Gasteiger partial charge on any atom is -0.372 e. The maximum Gasteiger partial charge on any atom is 0.0952 e. The van der Waals surface area contributed by atoms with Gasteiger partial charge < -0.3 is 15.0 Å². The molecule has 19 heavy (non-hydrogen) atoms. The molecule has 0 radical (unpaired) electrons. The van der Waals surface area contributed by atoms with Crippen LogP contribution in [0.1, 0.15) is 30.1 Å². The minimum atomic E-state index is 0.239. The van der Waals surface area contributed by atoms with Gasteiger partial charge in [0.15, 0.2) is 0 Å². The first-order valence-electron chi connectivity index (χ1n) is 7.56. The summed E-state index contributed by atoms with van der Waals surface area (Å²) in [5.74, 6) is 0. The highest BCUT2D eigenvalue weighted by Gasteiger charge is 2.19. The van der Waals surface area contributed by atoms with Gasteiger partial charge in [-0.3, -0.25) is 0 Å². The second-order valence-electron chi connectivity index (χ2n) is 5.56. The van der Waals surface area contributed by atoms with Crippen LogP contribution in [0.15, 0.2) is 24.3 Å². The van der Waals surface area contributed by atoms with E-state index in [4.69, 9.17) is 4.74 Å². The topological polar surface area (TPSA) is 24.5 Å². The summed E-state index contributed by atoms with van der Waals surface area (Å²) in [7, 11) is 0. The third-order valence-corrected chi connectivity index (χ3v) is 4.23. The Morgan fingerprint density at radius 2 is 2.05 bits per heavy atom. The highest BCUT2D eigenvalue weighted by Crippen LogP contribution is 2.26. The van der Waals surface area contributed by atoms with Gasteiger partial charge in [0.25, 0.3) is 0 Å². The number of nitrogens with zero attached hydrogens (tertiary/aromatic N) is 1. The molecule has 104 valence electrons. The largest absolute Gasteiger partial charge is 0.372 e. The number of nitrogens with one attached hydrogen (secondary N) is 1. The first kappa shape index (κ1) is 13.1. The van der Waals surface area contributed by atoms with E-state index in [1.807, 2.05) is 0 Å². The smallest absolute Gasteiger partial charge is 0.0952 e. The van der Waals surface area contributed by atoms with E-state index in [1.165, 1.54) is 43.6 Å². The Balaban J connectivity index is 1.45. The van der Waals surface area contributed by atoms with E-state index in [-0.39, 0.29) is 6.10 Å². The molecule has 3 nitrogen and oxygen atoms in total. The fraction of sp³-hybridized carbons (Fsp3) is 0.625. The quantitative estimate of drug-likeness (QED) is 0.819. The van der Waals surface area contributed by atoms with Crippen LogP contribution < -0.4 is 5.32 Å². The van der Waals surface area contributed by atoms with Gasteiger partial charge in [-0.25, -0.2) is 0 Å². The molecule has 3 heteroatoms. The second kappa shape index (κ2) is 6.51. The summed E-state index contributed by atoms with van der Waals surface area (Å²) in [6.07, 6.45) is 4.04. The Morgan fingerprint density at radius 1 is 1.21 bits per heavy atom. The molecule has 1 aromatic carbocycles. The van der Waals surface area contributed by atoms with Crippen LogP contribution in [-0.4, -0.2) is 44.2 Å². The molecule has 1 N–H and O–H groups in total. The van der Waals surface area contributed by atoms with Crippen molar-refractivity contribution in [3.05, 3.63) is 35.4 Å². The molecule has 0 aromatic heterocycles. The van der Waals surface area contributed by atoms with Crippen molar-refractivity contribution >= 4 is 0 Å². The van der Waals surface area contributed by atoms with Crippen LogP contribution in [0.3, 0.4) is 0 Å². The van der Waals surface area contributed by atoms with Gasteiger partial charge in [0.1, 0.15) is 0 Å². The van der Waals surface area contributed by atoms with Crippen molar-refractivity contribution in [2.75, 3.05) is 39.3 Å². The molecule has 1 aromatic rings. The average Bonchev–Trinajstić information content (AvgIpc) is 2.97. The first-order valence-corrected chi connectivity index (χ1v) is 7.56. The van der Waals surface area contributed by atoms with E-state index in [9.17, 15) is 0 Å². The predicted molar refractivity (Wildman–Crippen MR) is 77.4 cm³/mol. The van der Waals surface area contributed by atoms with Crippen molar-refractivity contribution in [2.24, 2.45) is 0 Å². The summed E-state index contributed by atoms with van der Waals surface area (Å²) in [6.45, 7) is 6.60. The van der Waals surface area contributed by atoms with Crippen LogP contribution in [0.5, 0.6) is 0 Å². The number of ether oxygens (including phenoxy) is 1. The van der Waals surface area contributed by atoms with Crippen LogP contribution in [-0.2, 0) is 11.2 Å². The van der Waals surface area contributed by atoms with Gasteiger partial charge in [-0.15, -0.1) is 0 Å². The van der Waals surface area contributed by atoms with Crippen LogP contribution >= 0.6 is 0 Å². The lowest BCUT2D eigenvalue weighted by Crippen LogP contribution is -2.33. The van der Waals surface area contributed by atoms with E-state index < -0.39 is 0 Å². The Labute approximate surface area is 115 Å². The lowest BCUT2D eigenvalue weighted by molar-refractivity contribution is 0.0423. The number of rotatable bonds is 5. The van der Waals surface area contributed by atoms with E-state index in [1.54, 1.807) is 0 Å². The van der Waals surface area contributed by atoms with Crippen molar-refractivity contribution in [1.82, 2.24) is 10.2 Å². The Kier molecular flexibility index (Phi) is 4.49. The van der Waals surface area contributed by atoms with Gasteiger partial charge in [-0.1, -0.05) is 24.3 Å². The number of hydrogen-bond donors (Lipinski definition) is 1. The molecule has 0 bridgehead atoms. The third kappa shape index (κ3) is 3.35. The van der Waals surface area contributed by atoms with Crippen molar-refractivity contribution in [2.45, 2.75) is 25.4 Å². The standard InChI is InChI=1S/C16H24N2O/c1-2-6-15-14(5-1)7-12-19-16(15)13-17-8-11-18-9-3-4-10-18/h1-2,5-6,16-17H,3-4,7-13H2/t16-/m1/s1. The highest BCUT2D eigenvalue weighted by molar-refractivity contribution is 5.31. The maximum absolute atomic E-state index is 5.90. The molecule has 0 saturated carbocycles. The van der Waals surface area contributed by atoms with Gasteiger partial charge in [0, 0.05) is 19.6 Å². The van der Waals surface area contributed by atoms with Crippen LogP contribution in [0.25, 0.3) is 0 Å². The molecule has 1 atom stereocenters. The van der Waals surface area contributed by atoms with Crippen LogP contribution in [0, 0.1) is 0 Å². The molecule has 0 amide bonds. The molecule has 3 rings (SSSR count). The van der Waals surface area contributed by atoms with Gasteiger partial charge in [-0.05, 0) is 43.5 Å². The van der Waals surface area contributed by atoms with Crippen LogP contribution in [0.4, 0.5) is 0 Å². The molecular weight excluding hydrogens is 236 g/mol. The van der Waals surface area contributed by atoms with Crippen molar-refractivity contribution < 1.29 is 4.74 Å². The predicted octanol–water partition coefficient (Wildman–Crippen LogP) is 1.99. The monoisotopic (exact) mass is 260 g/mol. The first-order chi connectivity index (χ1) is 9.43. The van der Waals surface area contributed by atoms with E-state index in [0.29, 0.717) is 0 Å². The summed E-state index contributed by atoms with van der Waals surface area (Å²) >= 11 is 0. The highest BCUT2D eigenvalue weighted by atomic mass is 16.5. The zero-order chi connectivity index (χ0) is 12.9. The van der Waals surface area contributed by atoms with Crippen molar-refractivity contribution in [1.29, 1.82) is 0 Å². The number of fused-ring (bicyclic) bond motifs is 1. The Bertz CT molecular complexity index is 401. The van der Waals surface area contributed by atoms with Gasteiger partial charge in [0.05, 0.1) is 12.7 Å². The molecule has 2 heterocycles. The van der Waals surface area contributed by atoms with Gasteiger partial charge in [0.2, 0.25) is 0 Å². The molecule has 0 unspecified atom stereocenters. The summed E-state index contributed by atoms with van der Waals surface area (Å²) in [5, 5.41) is 3.56. The maximum atomic E-state index is 5.90. The van der Waals surface area contributed by atoms with E-state index >= 15 is 0 Å². The van der Waals surface area contributed by atoms with E-state index in [0.717, 1.165) is 26.1 Å². The summed E-state index contributed by atoms with van der Waals surface area (Å²) in [4.78, 5) is 2.54. The SMILES string of the molecule is c1ccc2c(c1)CCO[C@@H]2CNCCN1CCCC1.